The maximum absolute atomic E-state index is 13.1. The normalized spacial score (nSPS) is 11.6. The summed E-state index contributed by atoms with van der Waals surface area (Å²) in [5.41, 5.74) is 2.83. The van der Waals surface area contributed by atoms with E-state index >= 15 is 0 Å². The van der Waals surface area contributed by atoms with Crippen LogP contribution >= 0.6 is 0 Å². The Morgan fingerprint density at radius 1 is 1.03 bits per heavy atom. The van der Waals surface area contributed by atoms with Crippen LogP contribution in [0.4, 0.5) is 5.69 Å². The van der Waals surface area contributed by atoms with Crippen molar-refractivity contribution in [2.24, 2.45) is 0 Å². The second-order valence-corrected chi connectivity index (χ2v) is 9.75. The van der Waals surface area contributed by atoms with E-state index in [0.29, 0.717) is 35.6 Å². The minimum absolute atomic E-state index is 0.196. The summed E-state index contributed by atoms with van der Waals surface area (Å²) in [5.74, 6) is -0.374. The first-order valence-corrected chi connectivity index (χ1v) is 12.7. The Balaban J connectivity index is 1.92. The second-order valence-electron chi connectivity index (χ2n) is 7.84. The molecule has 1 heterocycles. The van der Waals surface area contributed by atoms with Crippen LogP contribution in [-0.4, -0.2) is 41.5 Å². The standard InChI is InChI=1S/C25H30N4O4S/c1-5-19-10-8-9-11-21(19)26-24(30)17-29-25(31)15-14-22(27-29)20-13-12-18(4)23(16-20)34(32,33)28(6-2)7-3/h8-16H,5-7,17H2,1-4H3,(H,26,30). The fraction of sp³-hybridized carbons (Fsp3) is 0.320. The summed E-state index contributed by atoms with van der Waals surface area (Å²) in [5, 5.41) is 7.17. The van der Waals surface area contributed by atoms with Crippen molar-refractivity contribution in [2.75, 3.05) is 18.4 Å². The lowest BCUT2D eigenvalue weighted by atomic mass is 10.1. The average molecular weight is 483 g/mol. The van der Waals surface area contributed by atoms with Gasteiger partial charge in [0.05, 0.1) is 10.6 Å². The van der Waals surface area contributed by atoms with E-state index in [1.165, 1.54) is 16.4 Å². The number of aromatic nitrogens is 2. The monoisotopic (exact) mass is 482 g/mol. The van der Waals surface area contributed by atoms with Gasteiger partial charge in [-0.1, -0.05) is 51.1 Å². The zero-order valence-corrected chi connectivity index (χ0v) is 20.7. The van der Waals surface area contributed by atoms with Gasteiger partial charge in [-0.25, -0.2) is 13.1 Å². The minimum atomic E-state index is -3.67. The van der Waals surface area contributed by atoms with Gasteiger partial charge in [-0.05, 0) is 42.7 Å². The zero-order chi connectivity index (χ0) is 24.9. The molecule has 1 N–H and O–H groups in total. The second kappa shape index (κ2) is 10.8. The number of sulfonamides is 1. The van der Waals surface area contributed by atoms with E-state index in [-0.39, 0.29) is 17.3 Å². The Kier molecular flexibility index (Phi) is 8.01. The van der Waals surface area contributed by atoms with E-state index in [1.807, 2.05) is 31.2 Å². The molecule has 1 amide bonds. The maximum atomic E-state index is 13.1. The topological polar surface area (TPSA) is 101 Å². The number of carbonyl (C=O) groups is 1. The van der Waals surface area contributed by atoms with Crippen molar-refractivity contribution >= 4 is 21.6 Å². The van der Waals surface area contributed by atoms with Crippen LogP contribution in [0.25, 0.3) is 11.3 Å². The molecule has 0 aliphatic carbocycles. The van der Waals surface area contributed by atoms with Crippen LogP contribution in [-0.2, 0) is 27.8 Å². The summed E-state index contributed by atoms with van der Waals surface area (Å²) in [6, 6.07) is 15.4. The number of nitrogens with zero attached hydrogens (tertiary/aromatic N) is 3. The molecule has 0 bridgehead atoms. The number of para-hydroxylation sites is 1. The number of anilines is 1. The molecule has 0 saturated carbocycles. The van der Waals surface area contributed by atoms with Gasteiger partial charge in [-0.3, -0.25) is 9.59 Å². The van der Waals surface area contributed by atoms with E-state index in [1.54, 1.807) is 39.0 Å². The molecule has 3 aromatic rings. The first-order chi connectivity index (χ1) is 16.2. The van der Waals surface area contributed by atoms with Gasteiger partial charge >= 0.3 is 0 Å². The van der Waals surface area contributed by atoms with Crippen molar-refractivity contribution in [2.45, 2.75) is 45.6 Å². The van der Waals surface area contributed by atoms with Crippen molar-refractivity contribution in [3.63, 3.8) is 0 Å². The SMILES string of the molecule is CCc1ccccc1NC(=O)Cn1nc(-c2ccc(C)c(S(=O)(=O)N(CC)CC)c2)ccc1=O. The fourth-order valence-electron chi connectivity index (χ4n) is 3.73. The van der Waals surface area contributed by atoms with E-state index in [2.05, 4.69) is 10.4 Å². The number of rotatable bonds is 9. The van der Waals surface area contributed by atoms with Gasteiger partial charge in [0.2, 0.25) is 15.9 Å². The summed E-state index contributed by atoms with van der Waals surface area (Å²) in [6.07, 6.45) is 0.760. The number of amides is 1. The van der Waals surface area contributed by atoms with Crippen LogP contribution in [0.3, 0.4) is 0 Å². The Bertz CT molecular complexity index is 1350. The lowest BCUT2D eigenvalue weighted by Gasteiger charge is -2.20. The zero-order valence-electron chi connectivity index (χ0n) is 19.9. The predicted octanol–water partition coefficient (Wildman–Crippen LogP) is 3.45. The fourth-order valence-corrected chi connectivity index (χ4v) is 5.44. The van der Waals surface area contributed by atoms with Crippen molar-refractivity contribution < 1.29 is 13.2 Å². The third kappa shape index (κ3) is 5.43. The summed E-state index contributed by atoms with van der Waals surface area (Å²) in [7, 11) is -3.67. The lowest BCUT2D eigenvalue weighted by molar-refractivity contribution is -0.117. The number of benzene rings is 2. The molecule has 0 saturated heterocycles. The van der Waals surface area contributed by atoms with E-state index in [9.17, 15) is 18.0 Å². The van der Waals surface area contributed by atoms with E-state index in [0.717, 1.165) is 16.7 Å². The number of nitrogens with one attached hydrogen (secondary N) is 1. The Morgan fingerprint density at radius 2 is 1.74 bits per heavy atom. The van der Waals surface area contributed by atoms with Crippen LogP contribution in [0.2, 0.25) is 0 Å². The molecule has 0 atom stereocenters. The molecule has 0 unspecified atom stereocenters. The van der Waals surface area contributed by atoms with Gasteiger partial charge in [0.15, 0.2) is 0 Å². The molecule has 9 heteroatoms. The van der Waals surface area contributed by atoms with Crippen molar-refractivity contribution in [1.29, 1.82) is 0 Å². The summed E-state index contributed by atoms with van der Waals surface area (Å²) in [6.45, 7) is 7.79. The number of carbonyl (C=O) groups excluding carboxylic acids is 1. The summed E-state index contributed by atoms with van der Waals surface area (Å²) < 4.78 is 28.7. The third-order valence-corrected chi connectivity index (χ3v) is 7.83. The molecular formula is C25H30N4O4S. The highest BCUT2D eigenvalue weighted by Gasteiger charge is 2.24. The molecule has 34 heavy (non-hydrogen) atoms. The van der Waals surface area contributed by atoms with Crippen molar-refractivity contribution in [3.05, 3.63) is 76.1 Å². The Morgan fingerprint density at radius 3 is 2.41 bits per heavy atom. The highest BCUT2D eigenvalue weighted by molar-refractivity contribution is 7.89. The van der Waals surface area contributed by atoms with Gasteiger partial charge in [0.1, 0.15) is 6.54 Å². The molecular weight excluding hydrogens is 452 g/mol. The van der Waals surface area contributed by atoms with Crippen LogP contribution < -0.4 is 10.9 Å². The first kappa shape index (κ1) is 25.3. The maximum Gasteiger partial charge on any atom is 0.267 e. The third-order valence-electron chi connectivity index (χ3n) is 5.64. The predicted molar refractivity (Wildman–Crippen MR) is 133 cm³/mol. The first-order valence-electron chi connectivity index (χ1n) is 11.3. The van der Waals surface area contributed by atoms with Crippen LogP contribution in [0.15, 0.2) is 64.3 Å². The molecule has 3 rings (SSSR count). The van der Waals surface area contributed by atoms with Gasteiger partial charge < -0.3 is 5.32 Å². The molecule has 0 aliphatic heterocycles. The lowest BCUT2D eigenvalue weighted by Crippen LogP contribution is -2.31. The number of hydrogen-bond donors (Lipinski definition) is 1. The molecule has 0 radical (unpaired) electrons. The van der Waals surface area contributed by atoms with Gasteiger partial charge in [-0.2, -0.15) is 9.40 Å². The average Bonchev–Trinajstić information content (AvgIpc) is 2.81. The van der Waals surface area contributed by atoms with E-state index in [4.69, 9.17) is 0 Å². The Labute approximate surface area is 200 Å². The summed E-state index contributed by atoms with van der Waals surface area (Å²) >= 11 is 0. The largest absolute Gasteiger partial charge is 0.324 e. The number of aryl methyl sites for hydroxylation is 2. The molecule has 0 spiro atoms. The van der Waals surface area contributed by atoms with Crippen LogP contribution in [0, 0.1) is 6.92 Å². The molecule has 2 aromatic carbocycles. The van der Waals surface area contributed by atoms with Gasteiger partial charge in [-0.15, -0.1) is 0 Å². The molecule has 1 aromatic heterocycles. The molecule has 0 aliphatic rings. The van der Waals surface area contributed by atoms with Crippen molar-refractivity contribution in [1.82, 2.24) is 14.1 Å². The van der Waals surface area contributed by atoms with Crippen LogP contribution in [0.1, 0.15) is 31.9 Å². The molecule has 8 nitrogen and oxygen atoms in total. The quantitative estimate of drug-likeness (QED) is 0.503. The minimum Gasteiger partial charge on any atom is -0.324 e. The van der Waals surface area contributed by atoms with E-state index < -0.39 is 15.6 Å². The van der Waals surface area contributed by atoms with Gasteiger partial charge in [0.25, 0.3) is 5.56 Å². The van der Waals surface area contributed by atoms with Crippen molar-refractivity contribution in [3.8, 4) is 11.3 Å². The smallest absolute Gasteiger partial charge is 0.267 e. The van der Waals surface area contributed by atoms with Gasteiger partial charge in [0, 0.05) is 30.4 Å². The molecule has 180 valence electrons. The highest BCUT2D eigenvalue weighted by Crippen LogP contribution is 2.26. The Hall–Kier alpha value is -3.30. The molecule has 0 fully saturated rings. The summed E-state index contributed by atoms with van der Waals surface area (Å²) in [4.78, 5) is 25.2. The van der Waals surface area contributed by atoms with Crippen LogP contribution in [0.5, 0.6) is 0 Å². The number of hydrogen-bond acceptors (Lipinski definition) is 5. The highest BCUT2D eigenvalue weighted by atomic mass is 32.2.